The molecule has 0 fully saturated rings. The third-order valence-corrected chi connectivity index (χ3v) is 3.51. The highest BCUT2D eigenvalue weighted by molar-refractivity contribution is 5.96. The molecule has 0 saturated heterocycles. The molecule has 0 bridgehead atoms. The van der Waals surface area contributed by atoms with E-state index in [0.717, 1.165) is 5.56 Å². The van der Waals surface area contributed by atoms with Gasteiger partial charge in [0, 0.05) is 6.42 Å². The van der Waals surface area contributed by atoms with E-state index in [1.807, 2.05) is 12.1 Å². The molecule has 0 aliphatic heterocycles. The van der Waals surface area contributed by atoms with Crippen LogP contribution in [0, 0.1) is 0 Å². The van der Waals surface area contributed by atoms with Crippen LogP contribution in [0.15, 0.2) is 66.7 Å². The number of hydrogen-bond donors (Lipinski definition) is 0. The smallest absolute Gasteiger partial charge is 0.134 e. The van der Waals surface area contributed by atoms with Crippen LogP contribution in [0.1, 0.15) is 12.5 Å². The molecule has 0 aliphatic carbocycles. The van der Waals surface area contributed by atoms with Crippen molar-refractivity contribution in [1.82, 2.24) is 0 Å². The van der Waals surface area contributed by atoms with Gasteiger partial charge >= 0.3 is 0 Å². The van der Waals surface area contributed by atoms with Crippen LogP contribution in [-0.2, 0) is 11.2 Å². The first-order valence-electron chi connectivity index (χ1n) is 6.80. The third kappa shape index (κ3) is 2.48. The average Bonchev–Trinajstić information content (AvgIpc) is 2.47. The summed E-state index contributed by atoms with van der Waals surface area (Å²) in [6, 6.07) is 23.0. The maximum atomic E-state index is 11.1. The fraction of sp³-hybridized carbons (Fsp3) is 0.105. The largest absolute Gasteiger partial charge is 0.300 e. The van der Waals surface area contributed by atoms with E-state index < -0.39 is 0 Å². The van der Waals surface area contributed by atoms with Gasteiger partial charge in [-0.1, -0.05) is 66.7 Å². The lowest BCUT2D eigenvalue weighted by Crippen LogP contribution is -1.95. The quantitative estimate of drug-likeness (QED) is 0.670. The number of rotatable bonds is 3. The zero-order chi connectivity index (χ0) is 13.9. The highest BCUT2D eigenvalue weighted by Gasteiger charge is 2.04. The summed E-state index contributed by atoms with van der Waals surface area (Å²) < 4.78 is 0. The average molecular weight is 260 g/mol. The fourth-order valence-electron chi connectivity index (χ4n) is 2.57. The van der Waals surface area contributed by atoms with E-state index in [0.29, 0.717) is 6.42 Å². The molecule has 20 heavy (non-hydrogen) atoms. The molecular weight excluding hydrogens is 244 g/mol. The Morgan fingerprint density at radius 1 is 0.850 bits per heavy atom. The molecule has 0 atom stereocenters. The SMILES string of the molecule is CC(=O)Cc1ccc(-c2cccc3ccccc23)cc1. The molecular formula is C19H16O. The zero-order valence-corrected chi connectivity index (χ0v) is 11.5. The van der Waals surface area contributed by atoms with Crippen LogP contribution < -0.4 is 0 Å². The summed E-state index contributed by atoms with van der Waals surface area (Å²) in [7, 11) is 0. The highest BCUT2D eigenvalue weighted by atomic mass is 16.1. The van der Waals surface area contributed by atoms with Gasteiger partial charge in [0.05, 0.1) is 0 Å². The predicted octanol–water partition coefficient (Wildman–Crippen LogP) is 4.64. The molecule has 3 aromatic rings. The number of ketones is 1. The molecule has 0 amide bonds. The summed E-state index contributed by atoms with van der Waals surface area (Å²) in [6.07, 6.45) is 0.510. The molecule has 0 aromatic heterocycles. The minimum Gasteiger partial charge on any atom is -0.300 e. The first kappa shape index (κ1) is 12.6. The van der Waals surface area contributed by atoms with Gasteiger partial charge in [-0.05, 0) is 34.4 Å². The molecule has 0 aliphatic rings. The van der Waals surface area contributed by atoms with Crippen LogP contribution in [0.4, 0.5) is 0 Å². The van der Waals surface area contributed by atoms with Gasteiger partial charge in [-0.15, -0.1) is 0 Å². The molecule has 0 N–H and O–H groups in total. The van der Waals surface area contributed by atoms with Crippen molar-refractivity contribution in [2.24, 2.45) is 0 Å². The van der Waals surface area contributed by atoms with E-state index in [1.165, 1.54) is 21.9 Å². The Bertz CT molecular complexity index is 749. The van der Waals surface area contributed by atoms with Gasteiger partial charge in [-0.25, -0.2) is 0 Å². The van der Waals surface area contributed by atoms with Gasteiger partial charge in [-0.3, -0.25) is 4.79 Å². The normalized spacial score (nSPS) is 10.7. The molecule has 0 heterocycles. The Labute approximate surface area is 118 Å². The Morgan fingerprint density at radius 2 is 1.55 bits per heavy atom. The minimum absolute atomic E-state index is 0.197. The molecule has 98 valence electrons. The molecule has 0 saturated carbocycles. The molecule has 0 spiro atoms. The second kappa shape index (κ2) is 5.30. The Kier molecular flexibility index (Phi) is 3.34. The summed E-state index contributed by atoms with van der Waals surface area (Å²) in [5.41, 5.74) is 3.49. The fourth-order valence-corrected chi connectivity index (χ4v) is 2.57. The van der Waals surface area contributed by atoms with E-state index in [-0.39, 0.29) is 5.78 Å². The minimum atomic E-state index is 0.197. The summed E-state index contributed by atoms with van der Waals surface area (Å²) in [6.45, 7) is 1.62. The van der Waals surface area contributed by atoms with Gasteiger partial charge < -0.3 is 0 Å². The van der Waals surface area contributed by atoms with Gasteiger partial charge in [0.25, 0.3) is 0 Å². The number of Topliss-reactive ketones (excluding diaryl/α,β-unsaturated/α-hetero) is 1. The van der Waals surface area contributed by atoms with Gasteiger partial charge in [0.2, 0.25) is 0 Å². The summed E-state index contributed by atoms with van der Waals surface area (Å²) >= 11 is 0. The lowest BCUT2D eigenvalue weighted by Gasteiger charge is -2.07. The van der Waals surface area contributed by atoms with Crippen molar-refractivity contribution in [2.75, 3.05) is 0 Å². The maximum absolute atomic E-state index is 11.1. The van der Waals surface area contributed by atoms with Crippen LogP contribution in [0.5, 0.6) is 0 Å². The van der Waals surface area contributed by atoms with Crippen molar-refractivity contribution in [2.45, 2.75) is 13.3 Å². The lowest BCUT2D eigenvalue weighted by atomic mass is 9.97. The monoisotopic (exact) mass is 260 g/mol. The Hall–Kier alpha value is -2.41. The van der Waals surface area contributed by atoms with Crippen LogP contribution >= 0.6 is 0 Å². The van der Waals surface area contributed by atoms with Crippen LogP contribution in [0.25, 0.3) is 21.9 Å². The van der Waals surface area contributed by atoms with E-state index in [2.05, 4.69) is 54.6 Å². The van der Waals surface area contributed by atoms with Crippen LogP contribution in [-0.4, -0.2) is 5.78 Å². The van der Waals surface area contributed by atoms with Crippen molar-refractivity contribution >= 4 is 16.6 Å². The van der Waals surface area contributed by atoms with Gasteiger partial charge in [0.1, 0.15) is 5.78 Å². The first-order valence-corrected chi connectivity index (χ1v) is 6.80. The predicted molar refractivity (Wildman–Crippen MR) is 83.8 cm³/mol. The standard InChI is InChI=1S/C19H16O/c1-14(20)13-15-9-11-17(12-10-15)19-8-4-6-16-5-2-3-7-18(16)19/h2-12H,13H2,1H3. The lowest BCUT2D eigenvalue weighted by molar-refractivity contribution is -0.116. The summed E-state index contributed by atoms with van der Waals surface area (Å²) in [5, 5.41) is 2.51. The van der Waals surface area contributed by atoms with Gasteiger partial charge in [0.15, 0.2) is 0 Å². The Morgan fingerprint density at radius 3 is 2.30 bits per heavy atom. The number of carbonyl (C=O) groups excluding carboxylic acids is 1. The van der Waals surface area contributed by atoms with E-state index >= 15 is 0 Å². The van der Waals surface area contributed by atoms with Crippen molar-refractivity contribution in [3.63, 3.8) is 0 Å². The molecule has 3 rings (SSSR count). The summed E-state index contributed by atoms with van der Waals surface area (Å²) in [5.74, 6) is 0.197. The zero-order valence-electron chi connectivity index (χ0n) is 11.5. The number of fused-ring (bicyclic) bond motifs is 1. The third-order valence-electron chi connectivity index (χ3n) is 3.51. The van der Waals surface area contributed by atoms with Crippen molar-refractivity contribution in [3.8, 4) is 11.1 Å². The topological polar surface area (TPSA) is 17.1 Å². The van der Waals surface area contributed by atoms with Crippen molar-refractivity contribution in [3.05, 3.63) is 72.3 Å². The second-order valence-corrected chi connectivity index (χ2v) is 5.10. The van der Waals surface area contributed by atoms with Crippen molar-refractivity contribution < 1.29 is 4.79 Å². The van der Waals surface area contributed by atoms with Crippen LogP contribution in [0.2, 0.25) is 0 Å². The first-order chi connectivity index (χ1) is 9.74. The second-order valence-electron chi connectivity index (χ2n) is 5.10. The van der Waals surface area contributed by atoms with Gasteiger partial charge in [-0.2, -0.15) is 0 Å². The molecule has 3 aromatic carbocycles. The molecule has 0 radical (unpaired) electrons. The van der Waals surface area contributed by atoms with Crippen molar-refractivity contribution in [1.29, 1.82) is 0 Å². The van der Waals surface area contributed by atoms with Crippen LogP contribution in [0.3, 0.4) is 0 Å². The van der Waals surface area contributed by atoms with E-state index in [1.54, 1.807) is 6.92 Å². The summed E-state index contributed by atoms with van der Waals surface area (Å²) in [4.78, 5) is 11.1. The number of benzene rings is 3. The molecule has 1 heteroatoms. The Balaban J connectivity index is 2.05. The molecule has 0 unspecified atom stereocenters. The number of hydrogen-bond acceptors (Lipinski definition) is 1. The maximum Gasteiger partial charge on any atom is 0.134 e. The highest BCUT2D eigenvalue weighted by Crippen LogP contribution is 2.28. The van der Waals surface area contributed by atoms with E-state index in [4.69, 9.17) is 0 Å². The van der Waals surface area contributed by atoms with E-state index in [9.17, 15) is 4.79 Å². The number of carbonyl (C=O) groups is 1. The molecule has 1 nitrogen and oxygen atoms in total.